The zero-order chi connectivity index (χ0) is 16.0. The average Bonchev–Trinajstić information content (AvgIpc) is 3.00. The largest absolute Gasteiger partial charge is 0.468 e. The van der Waals surface area contributed by atoms with Gasteiger partial charge in [-0.25, -0.2) is 4.79 Å². The highest BCUT2D eigenvalue weighted by molar-refractivity contribution is 5.67. The van der Waals surface area contributed by atoms with Crippen LogP contribution in [-0.2, 0) is 4.74 Å². The number of nitrogens with one attached hydrogen (secondary N) is 1. The van der Waals surface area contributed by atoms with Gasteiger partial charge in [-0.15, -0.1) is 0 Å². The minimum atomic E-state index is -4.52. The molecule has 1 aromatic heterocycles. The number of alkyl halides is 3. The van der Waals surface area contributed by atoms with E-state index in [0.717, 1.165) is 32.4 Å². The standard InChI is InChI=1S/C14H19F3N2O3/c15-14(16,17)10-22-13(20)18-9-11(12-5-4-8-21-12)19-6-2-1-3-7-19/h4-5,8,11H,1-3,6-7,9-10H2,(H,18,20). The molecule has 8 heteroatoms. The predicted octanol–water partition coefficient (Wildman–Crippen LogP) is 3.10. The second-order valence-corrected chi connectivity index (χ2v) is 5.20. The van der Waals surface area contributed by atoms with Gasteiger partial charge in [-0.2, -0.15) is 13.2 Å². The Morgan fingerprint density at radius 3 is 2.68 bits per heavy atom. The molecule has 1 amide bonds. The lowest BCUT2D eigenvalue weighted by Gasteiger charge is -2.33. The van der Waals surface area contributed by atoms with E-state index < -0.39 is 18.9 Å². The van der Waals surface area contributed by atoms with E-state index in [4.69, 9.17) is 4.42 Å². The first-order valence-corrected chi connectivity index (χ1v) is 7.20. The Balaban J connectivity index is 1.88. The molecule has 2 rings (SSSR count). The Bertz CT molecular complexity index is 456. The molecule has 2 heterocycles. The van der Waals surface area contributed by atoms with Crippen molar-refractivity contribution in [1.82, 2.24) is 10.2 Å². The molecule has 1 aliphatic rings. The SMILES string of the molecule is O=C(NCC(c1ccco1)N1CCCCC1)OCC(F)(F)F. The van der Waals surface area contributed by atoms with E-state index in [9.17, 15) is 18.0 Å². The molecule has 0 radical (unpaired) electrons. The van der Waals surface area contributed by atoms with Crippen LogP contribution >= 0.6 is 0 Å². The molecule has 1 atom stereocenters. The van der Waals surface area contributed by atoms with Crippen LogP contribution in [-0.4, -0.2) is 43.4 Å². The number of hydrogen-bond acceptors (Lipinski definition) is 4. The van der Waals surface area contributed by atoms with Gasteiger partial charge in [-0.3, -0.25) is 4.90 Å². The average molecular weight is 320 g/mol. The minimum Gasteiger partial charge on any atom is -0.468 e. The van der Waals surface area contributed by atoms with Crippen LogP contribution in [0.15, 0.2) is 22.8 Å². The maximum Gasteiger partial charge on any atom is 0.422 e. The highest BCUT2D eigenvalue weighted by Gasteiger charge is 2.30. The highest BCUT2D eigenvalue weighted by Crippen LogP contribution is 2.24. The zero-order valence-electron chi connectivity index (χ0n) is 12.1. The Kier molecular flexibility index (Phi) is 5.70. The number of amides is 1. The molecule has 0 aliphatic carbocycles. The lowest BCUT2D eigenvalue weighted by Crippen LogP contribution is -2.41. The molecule has 1 fully saturated rings. The van der Waals surface area contributed by atoms with Gasteiger partial charge < -0.3 is 14.5 Å². The second-order valence-electron chi connectivity index (χ2n) is 5.20. The third-order valence-corrected chi connectivity index (χ3v) is 3.51. The molecular formula is C14H19F3N2O3. The van der Waals surface area contributed by atoms with Crippen molar-refractivity contribution in [1.29, 1.82) is 0 Å². The summed E-state index contributed by atoms with van der Waals surface area (Å²) in [6.07, 6.45) is -0.807. The van der Waals surface area contributed by atoms with Gasteiger partial charge in [0.2, 0.25) is 0 Å². The van der Waals surface area contributed by atoms with Crippen molar-refractivity contribution in [3.05, 3.63) is 24.2 Å². The van der Waals surface area contributed by atoms with Crippen LogP contribution in [0.2, 0.25) is 0 Å². The Labute approximate surface area is 126 Å². The maximum atomic E-state index is 12.0. The van der Waals surface area contributed by atoms with Gasteiger partial charge >= 0.3 is 12.3 Å². The van der Waals surface area contributed by atoms with Crippen LogP contribution < -0.4 is 5.32 Å². The summed E-state index contributed by atoms with van der Waals surface area (Å²) in [6.45, 7) is 0.285. The van der Waals surface area contributed by atoms with Crippen LogP contribution in [0, 0.1) is 0 Å². The molecular weight excluding hydrogens is 301 g/mol. The molecule has 0 aromatic carbocycles. The number of halogens is 3. The fraction of sp³-hybridized carbons (Fsp3) is 0.643. The van der Waals surface area contributed by atoms with Gasteiger partial charge in [0, 0.05) is 6.54 Å². The number of nitrogens with zero attached hydrogens (tertiary/aromatic N) is 1. The monoisotopic (exact) mass is 320 g/mol. The van der Waals surface area contributed by atoms with Crippen molar-refractivity contribution >= 4 is 6.09 Å². The van der Waals surface area contributed by atoms with E-state index in [1.54, 1.807) is 12.1 Å². The minimum absolute atomic E-state index is 0.143. The number of furan rings is 1. The van der Waals surface area contributed by atoms with Crippen molar-refractivity contribution in [2.45, 2.75) is 31.5 Å². The van der Waals surface area contributed by atoms with Crippen LogP contribution in [0.25, 0.3) is 0 Å². The van der Waals surface area contributed by atoms with Crippen LogP contribution in [0.5, 0.6) is 0 Å². The molecule has 0 saturated carbocycles. The molecule has 1 N–H and O–H groups in total. The first-order valence-electron chi connectivity index (χ1n) is 7.20. The summed E-state index contributed by atoms with van der Waals surface area (Å²) in [5, 5.41) is 2.38. The van der Waals surface area contributed by atoms with Gasteiger partial charge in [-0.1, -0.05) is 6.42 Å². The molecule has 1 saturated heterocycles. The number of piperidine rings is 1. The van der Waals surface area contributed by atoms with Crippen LogP contribution in [0.4, 0.5) is 18.0 Å². The first kappa shape index (κ1) is 16.7. The van der Waals surface area contributed by atoms with E-state index in [1.165, 1.54) is 6.26 Å². The summed E-state index contributed by atoms with van der Waals surface area (Å²) < 4.78 is 45.5. The van der Waals surface area contributed by atoms with Gasteiger partial charge in [0.15, 0.2) is 6.61 Å². The van der Waals surface area contributed by atoms with E-state index in [0.29, 0.717) is 5.76 Å². The number of alkyl carbamates (subject to hydrolysis) is 1. The van der Waals surface area contributed by atoms with Crippen molar-refractivity contribution < 1.29 is 27.1 Å². The molecule has 22 heavy (non-hydrogen) atoms. The van der Waals surface area contributed by atoms with Crippen molar-refractivity contribution in [2.24, 2.45) is 0 Å². The van der Waals surface area contributed by atoms with Crippen molar-refractivity contribution in [3.63, 3.8) is 0 Å². The van der Waals surface area contributed by atoms with Crippen molar-refractivity contribution in [3.8, 4) is 0 Å². The number of carbonyl (C=O) groups excluding carboxylic acids is 1. The summed E-state index contributed by atoms with van der Waals surface area (Å²) >= 11 is 0. The van der Waals surface area contributed by atoms with Gasteiger partial charge in [0.1, 0.15) is 5.76 Å². The van der Waals surface area contributed by atoms with E-state index in [1.807, 2.05) is 0 Å². The number of hydrogen-bond donors (Lipinski definition) is 1. The topological polar surface area (TPSA) is 54.7 Å². The molecule has 0 spiro atoms. The fourth-order valence-electron chi connectivity index (χ4n) is 2.50. The molecule has 5 nitrogen and oxygen atoms in total. The zero-order valence-corrected chi connectivity index (χ0v) is 12.1. The van der Waals surface area contributed by atoms with E-state index >= 15 is 0 Å². The predicted molar refractivity (Wildman–Crippen MR) is 72.3 cm³/mol. The maximum absolute atomic E-state index is 12.0. The third kappa shape index (κ3) is 5.25. The van der Waals surface area contributed by atoms with Crippen LogP contribution in [0.1, 0.15) is 31.1 Å². The normalized spacial score (nSPS) is 18.0. The Morgan fingerprint density at radius 1 is 1.36 bits per heavy atom. The van der Waals surface area contributed by atoms with Crippen molar-refractivity contribution in [2.75, 3.05) is 26.2 Å². The van der Waals surface area contributed by atoms with Crippen LogP contribution in [0.3, 0.4) is 0 Å². The molecule has 0 bridgehead atoms. The summed E-state index contributed by atoms with van der Waals surface area (Å²) in [6, 6.07) is 3.34. The molecule has 1 aliphatic heterocycles. The summed E-state index contributed by atoms with van der Waals surface area (Å²) in [5.41, 5.74) is 0. The van der Waals surface area contributed by atoms with E-state index in [2.05, 4.69) is 15.0 Å². The Morgan fingerprint density at radius 2 is 2.09 bits per heavy atom. The lowest BCUT2D eigenvalue weighted by atomic mass is 10.1. The number of rotatable bonds is 5. The first-order chi connectivity index (χ1) is 10.5. The van der Waals surface area contributed by atoms with E-state index in [-0.39, 0.29) is 12.6 Å². The molecule has 1 aromatic rings. The molecule has 1 unspecified atom stereocenters. The number of ether oxygens (including phenoxy) is 1. The lowest BCUT2D eigenvalue weighted by molar-refractivity contribution is -0.160. The van der Waals surface area contributed by atoms with Gasteiger partial charge in [0.25, 0.3) is 0 Å². The number of likely N-dealkylation sites (tertiary alicyclic amines) is 1. The van der Waals surface area contributed by atoms with Gasteiger partial charge in [-0.05, 0) is 38.1 Å². The summed E-state index contributed by atoms with van der Waals surface area (Å²) in [5.74, 6) is 0.679. The van der Waals surface area contributed by atoms with Gasteiger partial charge in [0.05, 0.1) is 12.3 Å². The quantitative estimate of drug-likeness (QED) is 0.906. The molecule has 124 valence electrons. The summed E-state index contributed by atoms with van der Waals surface area (Å²) in [4.78, 5) is 13.5. The highest BCUT2D eigenvalue weighted by atomic mass is 19.4. The number of carbonyl (C=O) groups is 1. The smallest absolute Gasteiger partial charge is 0.422 e. The third-order valence-electron chi connectivity index (χ3n) is 3.51. The fourth-order valence-corrected chi connectivity index (χ4v) is 2.50. The summed E-state index contributed by atoms with van der Waals surface area (Å²) in [7, 11) is 0. The second kappa shape index (κ2) is 7.53. The Hall–Kier alpha value is -1.70.